The summed E-state index contributed by atoms with van der Waals surface area (Å²) in [6, 6.07) is 6.04. The second-order valence-corrected chi connectivity index (χ2v) is 8.29. The maximum absolute atomic E-state index is 12.9. The first-order valence-electron chi connectivity index (χ1n) is 9.95. The first kappa shape index (κ1) is 17.4. The molecule has 28 heavy (non-hydrogen) atoms. The van der Waals surface area contributed by atoms with Crippen LogP contribution in [-0.4, -0.2) is 54.6 Å². The highest BCUT2D eigenvalue weighted by Gasteiger charge is 2.43. The Kier molecular flexibility index (Phi) is 4.19. The molecule has 146 valence electrons. The Bertz CT molecular complexity index is 996. The zero-order valence-electron chi connectivity index (χ0n) is 16.0. The number of likely N-dealkylation sites (tertiary alicyclic amines) is 1. The van der Waals surface area contributed by atoms with E-state index in [2.05, 4.69) is 15.0 Å². The summed E-state index contributed by atoms with van der Waals surface area (Å²) in [6.07, 6.45) is 7.11. The predicted octanol–water partition coefficient (Wildman–Crippen LogP) is 2.08. The number of carbonyl (C=O) groups is 1. The fourth-order valence-electron chi connectivity index (χ4n) is 4.98. The third-order valence-corrected chi connectivity index (χ3v) is 6.39. The summed E-state index contributed by atoms with van der Waals surface area (Å²) in [5.74, 6) is 1.88. The number of benzene rings is 1. The van der Waals surface area contributed by atoms with Crippen LogP contribution in [0.3, 0.4) is 0 Å². The highest BCUT2D eigenvalue weighted by atomic mass is 16.3. The largest absolute Gasteiger partial charge is 0.391 e. The molecule has 1 aliphatic heterocycles. The van der Waals surface area contributed by atoms with E-state index >= 15 is 0 Å². The number of nitrogens with one attached hydrogen (secondary N) is 1. The number of aryl methyl sites for hydroxylation is 1. The number of imidazole rings is 2. The van der Waals surface area contributed by atoms with E-state index in [1.807, 2.05) is 40.8 Å². The van der Waals surface area contributed by atoms with Crippen LogP contribution in [0.1, 0.15) is 30.3 Å². The Morgan fingerprint density at radius 1 is 1.29 bits per heavy atom. The summed E-state index contributed by atoms with van der Waals surface area (Å²) < 4.78 is 2.01. The van der Waals surface area contributed by atoms with Gasteiger partial charge in [-0.05, 0) is 49.3 Å². The van der Waals surface area contributed by atoms with Crippen molar-refractivity contribution in [2.75, 3.05) is 13.1 Å². The maximum Gasteiger partial charge on any atom is 0.227 e. The SMILES string of the molecule is Cc1nc2ccc(CC(=O)N3C[C@H]4C[C@@H](n5ccnc5)[C@H](O)C[C@H]4C3)cc2[nH]1. The van der Waals surface area contributed by atoms with Crippen molar-refractivity contribution < 1.29 is 9.90 Å². The molecule has 2 aliphatic rings. The van der Waals surface area contributed by atoms with Gasteiger partial charge in [0.1, 0.15) is 5.82 Å². The molecule has 0 radical (unpaired) electrons. The second-order valence-electron chi connectivity index (χ2n) is 8.29. The smallest absolute Gasteiger partial charge is 0.227 e. The van der Waals surface area contributed by atoms with Gasteiger partial charge >= 0.3 is 0 Å². The van der Waals surface area contributed by atoms with Crippen molar-refractivity contribution in [3.8, 4) is 0 Å². The number of aliphatic hydroxyl groups excluding tert-OH is 1. The molecule has 5 rings (SSSR count). The number of H-pyrrole nitrogens is 1. The lowest BCUT2D eigenvalue weighted by Gasteiger charge is -2.35. The molecule has 0 unspecified atom stereocenters. The third kappa shape index (κ3) is 3.09. The molecule has 1 aliphatic carbocycles. The number of hydrogen-bond acceptors (Lipinski definition) is 4. The summed E-state index contributed by atoms with van der Waals surface area (Å²) in [5.41, 5.74) is 2.91. The van der Waals surface area contributed by atoms with Gasteiger partial charge in [-0.3, -0.25) is 4.79 Å². The Morgan fingerprint density at radius 2 is 2.11 bits per heavy atom. The zero-order chi connectivity index (χ0) is 19.3. The number of nitrogens with zero attached hydrogens (tertiary/aromatic N) is 4. The van der Waals surface area contributed by atoms with E-state index in [4.69, 9.17) is 0 Å². The number of aromatic amines is 1. The third-order valence-electron chi connectivity index (χ3n) is 6.39. The highest BCUT2D eigenvalue weighted by Crippen LogP contribution is 2.41. The fraction of sp³-hybridized carbons (Fsp3) is 0.476. The average molecular weight is 379 g/mol. The Balaban J connectivity index is 1.26. The van der Waals surface area contributed by atoms with Crippen LogP contribution >= 0.6 is 0 Å². The number of aromatic nitrogens is 4. The molecule has 3 aromatic rings. The lowest BCUT2D eigenvalue weighted by Crippen LogP contribution is -2.35. The highest BCUT2D eigenvalue weighted by molar-refractivity contribution is 5.82. The number of aliphatic hydroxyl groups is 1. The van der Waals surface area contributed by atoms with Gasteiger partial charge in [0.05, 0.1) is 35.9 Å². The molecule has 7 heteroatoms. The topological polar surface area (TPSA) is 87.0 Å². The Labute approximate surface area is 163 Å². The molecular weight excluding hydrogens is 354 g/mol. The molecule has 1 saturated carbocycles. The van der Waals surface area contributed by atoms with E-state index in [0.717, 1.165) is 48.4 Å². The molecule has 0 spiro atoms. The van der Waals surface area contributed by atoms with Crippen LogP contribution < -0.4 is 0 Å². The predicted molar refractivity (Wildman–Crippen MR) is 105 cm³/mol. The molecule has 1 amide bonds. The van der Waals surface area contributed by atoms with Crippen LogP contribution in [0.5, 0.6) is 0 Å². The molecule has 2 N–H and O–H groups in total. The lowest BCUT2D eigenvalue weighted by atomic mass is 9.77. The summed E-state index contributed by atoms with van der Waals surface area (Å²) in [4.78, 5) is 26.7. The number of amides is 1. The van der Waals surface area contributed by atoms with E-state index in [1.165, 1.54) is 0 Å². The average Bonchev–Trinajstić information content (AvgIpc) is 3.38. The van der Waals surface area contributed by atoms with Gasteiger partial charge in [0.15, 0.2) is 0 Å². The number of rotatable bonds is 3. The molecule has 7 nitrogen and oxygen atoms in total. The maximum atomic E-state index is 12.9. The molecule has 1 saturated heterocycles. The van der Waals surface area contributed by atoms with Gasteiger partial charge in [0, 0.05) is 25.5 Å². The second kappa shape index (κ2) is 6.74. The zero-order valence-corrected chi connectivity index (χ0v) is 16.0. The van der Waals surface area contributed by atoms with Crippen molar-refractivity contribution in [3.63, 3.8) is 0 Å². The Hall–Kier alpha value is -2.67. The standard InChI is InChI=1S/C21H25N5O2/c1-13-23-17-3-2-14(6-18(17)24-13)7-21(28)26-10-15-8-19(25-5-4-22-12-25)20(27)9-16(15)11-26/h2-6,12,15-16,19-20,27H,7-11H2,1H3,(H,23,24)/t15-,16+,19-,20-/m1/s1. The van der Waals surface area contributed by atoms with Crippen LogP contribution in [0.25, 0.3) is 11.0 Å². The van der Waals surface area contributed by atoms with Gasteiger partial charge in [-0.1, -0.05) is 6.07 Å². The van der Waals surface area contributed by atoms with Crippen molar-refractivity contribution in [2.45, 2.75) is 38.3 Å². The van der Waals surface area contributed by atoms with Gasteiger partial charge in [0.2, 0.25) is 5.91 Å². The Morgan fingerprint density at radius 3 is 2.89 bits per heavy atom. The van der Waals surface area contributed by atoms with Crippen molar-refractivity contribution in [2.24, 2.45) is 11.8 Å². The van der Waals surface area contributed by atoms with Gasteiger partial charge in [-0.2, -0.15) is 0 Å². The summed E-state index contributed by atoms with van der Waals surface area (Å²) in [5, 5.41) is 10.6. The van der Waals surface area contributed by atoms with Gasteiger partial charge in [-0.25, -0.2) is 9.97 Å². The van der Waals surface area contributed by atoms with Crippen LogP contribution in [0.2, 0.25) is 0 Å². The minimum absolute atomic E-state index is 0.0600. The molecule has 2 aromatic heterocycles. The monoisotopic (exact) mass is 379 g/mol. The summed E-state index contributed by atoms with van der Waals surface area (Å²) >= 11 is 0. The lowest BCUT2D eigenvalue weighted by molar-refractivity contribution is -0.129. The molecule has 0 bridgehead atoms. The van der Waals surface area contributed by atoms with Crippen LogP contribution in [0.4, 0.5) is 0 Å². The van der Waals surface area contributed by atoms with Crippen LogP contribution in [0, 0.1) is 18.8 Å². The molecular formula is C21H25N5O2. The van der Waals surface area contributed by atoms with E-state index in [0.29, 0.717) is 18.3 Å². The van der Waals surface area contributed by atoms with Crippen LogP contribution in [0.15, 0.2) is 36.9 Å². The molecule has 4 atom stereocenters. The van der Waals surface area contributed by atoms with Crippen molar-refractivity contribution >= 4 is 16.9 Å². The van der Waals surface area contributed by atoms with Crippen LogP contribution in [-0.2, 0) is 11.2 Å². The van der Waals surface area contributed by atoms with Gasteiger partial charge in [-0.15, -0.1) is 0 Å². The van der Waals surface area contributed by atoms with E-state index < -0.39 is 0 Å². The van der Waals surface area contributed by atoms with Crippen molar-refractivity contribution in [3.05, 3.63) is 48.3 Å². The van der Waals surface area contributed by atoms with Gasteiger partial charge < -0.3 is 19.6 Å². The minimum Gasteiger partial charge on any atom is -0.391 e. The van der Waals surface area contributed by atoms with Gasteiger partial charge in [0.25, 0.3) is 0 Å². The number of hydrogen-bond donors (Lipinski definition) is 2. The summed E-state index contributed by atoms with van der Waals surface area (Å²) in [7, 11) is 0. The molecule has 1 aromatic carbocycles. The first-order valence-corrected chi connectivity index (χ1v) is 9.95. The van der Waals surface area contributed by atoms with Crippen molar-refractivity contribution in [1.82, 2.24) is 24.4 Å². The number of fused-ring (bicyclic) bond motifs is 2. The normalized spacial score (nSPS) is 27.3. The first-order chi connectivity index (χ1) is 13.6. The summed E-state index contributed by atoms with van der Waals surface area (Å²) in [6.45, 7) is 3.47. The van der Waals surface area contributed by atoms with E-state index in [1.54, 1.807) is 12.5 Å². The number of carbonyl (C=O) groups excluding carboxylic acids is 1. The van der Waals surface area contributed by atoms with Crippen molar-refractivity contribution in [1.29, 1.82) is 0 Å². The molecule has 3 heterocycles. The minimum atomic E-state index is -0.378. The quantitative estimate of drug-likeness (QED) is 0.729. The van der Waals surface area contributed by atoms with E-state index in [-0.39, 0.29) is 18.1 Å². The fourth-order valence-corrected chi connectivity index (χ4v) is 4.98. The molecule has 2 fully saturated rings. The van der Waals surface area contributed by atoms with E-state index in [9.17, 15) is 9.90 Å².